The molecule has 120 valence electrons. The number of nitrogens with one attached hydrogen (secondary N) is 2. The summed E-state index contributed by atoms with van der Waals surface area (Å²) in [5, 5.41) is 2.80. The van der Waals surface area contributed by atoms with Crippen molar-refractivity contribution < 1.29 is 13.2 Å². The van der Waals surface area contributed by atoms with Crippen molar-refractivity contribution in [3.63, 3.8) is 0 Å². The lowest BCUT2D eigenvalue weighted by Crippen LogP contribution is -2.23. The van der Waals surface area contributed by atoms with Crippen molar-refractivity contribution in [2.24, 2.45) is 0 Å². The number of nitrogens with zero attached hydrogens (tertiary/aromatic N) is 1. The summed E-state index contributed by atoms with van der Waals surface area (Å²) in [6.45, 7) is 0.185. The first-order chi connectivity index (χ1) is 11.0. The number of fused-ring (bicyclic) bond motifs is 1. The molecular weight excluding hydrogens is 314 g/mol. The number of sulfonamides is 1. The minimum Gasteiger partial charge on any atom is -0.326 e. The van der Waals surface area contributed by atoms with Gasteiger partial charge in [0.2, 0.25) is 15.9 Å². The van der Waals surface area contributed by atoms with Crippen LogP contribution in [0.4, 0.5) is 5.69 Å². The van der Waals surface area contributed by atoms with Gasteiger partial charge in [-0.15, -0.1) is 0 Å². The fourth-order valence-electron chi connectivity index (χ4n) is 2.48. The second kappa shape index (κ2) is 6.47. The van der Waals surface area contributed by atoms with Gasteiger partial charge in [0.1, 0.15) is 0 Å². The molecule has 1 aliphatic heterocycles. The lowest BCUT2D eigenvalue weighted by Gasteiger charge is -2.11. The van der Waals surface area contributed by atoms with E-state index in [1.54, 1.807) is 30.6 Å². The van der Waals surface area contributed by atoms with Gasteiger partial charge >= 0.3 is 0 Å². The number of hydrogen-bond donors (Lipinski definition) is 2. The fourth-order valence-corrected chi connectivity index (χ4v) is 3.55. The van der Waals surface area contributed by atoms with Gasteiger partial charge in [-0.25, -0.2) is 13.1 Å². The maximum atomic E-state index is 12.4. The van der Waals surface area contributed by atoms with E-state index in [9.17, 15) is 13.2 Å². The molecule has 7 heteroatoms. The zero-order valence-electron chi connectivity index (χ0n) is 12.5. The Labute approximate surface area is 135 Å². The number of benzene rings is 1. The number of pyridine rings is 1. The number of hydrogen-bond acceptors (Lipinski definition) is 4. The molecule has 1 amide bonds. The molecule has 23 heavy (non-hydrogen) atoms. The monoisotopic (exact) mass is 331 g/mol. The normalized spacial score (nSPS) is 14.7. The summed E-state index contributed by atoms with van der Waals surface area (Å²) in [6, 6.07) is 8.36. The van der Waals surface area contributed by atoms with E-state index in [0.29, 0.717) is 24.9 Å². The second-order valence-electron chi connectivity index (χ2n) is 5.41. The van der Waals surface area contributed by atoms with Crippen molar-refractivity contribution in [1.29, 1.82) is 0 Å². The van der Waals surface area contributed by atoms with Crippen LogP contribution in [0.1, 0.15) is 24.0 Å². The van der Waals surface area contributed by atoms with Crippen molar-refractivity contribution in [3.8, 4) is 0 Å². The van der Waals surface area contributed by atoms with Gasteiger partial charge in [-0.05, 0) is 48.2 Å². The number of rotatable bonds is 4. The van der Waals surface area contributed by atoms with E-state index in [1.807, 2.05) is 6.07 Å². The Hall–Kier alpha value is -2.25. The van der Waals surface area contributed by atoms with Crippen LogP contribution in [0.25, 0.3) is 0 Å². The summed E-state index contributed by atoms with van der Waals surface area (Å²) >= 11 is 0. The molecule has 0 saturated carbocycles. The predicted molar refractivity (Wildman–Crippen MR) is 86.3 cm³/mol. The number of amides is 1. The Balaban J connectivity index is 1.80. The molecule has 0 spiro atoms. The van der Waals surface area contributed by atoms with Gasteiger partial charge in [-0.1, -0.05) is 6.07 Å². The Morgan fingerprint density at radius 3 is 2.87 bits per heavy atom. The third-order valence-corrected chi connectivity index (χ3v) is 5.10. The highest BCUT2D eigenvalue weighted by Crippen LogP contribution is 2.25. The number of carbonyl (C=O) groups excluding carboxylic acids is 1. The maximum absolute atomic E-state index is 12.4. The summed E-state index contributed by atoms with van der Waals surface area (Å²) < 4.78 is 27.4. The first-order valence-electron chi connectivity index (χ1n) is 7.36. The molecule has 2 aromatic rings. The van der Waals surface area contributed by atoms with Crippen molar-refractivity contribution in [1.82, 2.24) is 9.71 Å². The molecule has 0 fully saturated rings. The highest BCUT2D eigenvalue weighted by molar-refractivity contribution is 7.89. The predicted octanol–water partition coefficient (Wildman–Crippen LogP) is 1.83. The van der Waals surface area contributed by atoms with Gasteiger partial charge < -0.3 is 5.32 Å². The number of aryl methyl sites for hydroxylation is 1. The van der Waals surface area contributed by atoms with Gasteiger partial charge in [-0.3, -0.25) is 9.78 Å². The molecular formula is C16H17N3O3S. The van der Waals surface area contributed by atoms with Crippen LogP contribution in [-0.4, -0.2) is 19.3 Å². The smallest absolute Gasteiger partial charge is 0.240 e. The molecule has 3 rings (SSSR count). The van der Waals surface area contributed by atoms with Crippen LogP contribution in [0.5, 0.6) is 0 Å². The Morgan fingerprint density at radius 1 is 1.22 bits per heavy atom. The van der Waals surface area contributed by atoms with E-state index in [1.165, 1.54) is 6.07 Å². The summed E-state index contributed by atoms with van der Waals surface area (Å²) in [5.41, 5.74) is 2.33. The third-order valence-electron chi connectivity index (χ3n) is 3.70. The first-order valence-corrected chi connectivity index (χ1v) is 8.84. The molecule has 1 aromatic carbocycles. The van der Waals surface area contributed by atoms with E-state index in [-0.39, 0.29) is 17.3 Å². The SMILES string of the molecule is O=C1CCCc2cc(S(=O)(=O)NCc3cccnc3)ccc2N1. The van der Waals surface area contributed by atoms with Gasteiger partial charge in [0.25, 0.3) is 0 Å². The topological polar surface area (TPSA) is 88.2 Å². The number of carbonyl (C=O) groups is 1. The lowest BCUT2D eigenvalue weighted by atomic mass is 10.1. The zero-order valence-corrected chi connectivity index (χ0v) is 13.3. The van der Waals surface area contributed by atoms with E-state index in [0.717, 1.165) is 11.1 Å². The molecule has 2 N–H and O–H groups in total. The summed E-state index contributed by atoms with van der Waals surface area (Å²) in [4.78, 5) is 15.7. The first kappa shape index (κ1) is 15.6. The molecule has 1 aliphatic rings. The summed E-state index contributed by atoms with van der Waals surface area (Å²) in [6.07, 6.45) is 5.11. The van der Waals surface area contributed by atoms with Gasteiger partial charge in [-0.2, -0.15) is 0 Å². The molecule has 0 bridgehead atoms. The molecule has 0 unspecified atom stereocenters. The van der Waals surface area contributed by atoms with Crippen LogP contribution in [-0.2, 0) is 27.8 Å². The molecule has 6 nitrogen and oxygen atoms in total. The minimum absolute atomic E-state index is 0.0333. The van der Waals surface area contributed by atoms with Crippen LogP contribution in [0.2, 0.25) is 0 Å². The highest BCUT2D eigenvalue weighted by Gasteiger charge is 2.18. The standard InChI is InChI=1S/C16H17N3O3S/c20-16-5-1-4-13-9-14(6-7-15(13)19-16)23(21,22)18-11-12-3-2-8-17-10-12/h2-3,6-10,18H,1,4-5,11H2,(H,19,20). The van der Waals surface area contributed by atoms with E-state index in [2.05, 4.69) is 15.0 Å². The van der Waals surface area contributed by atoms with Crippen LogP contribution in [0.15, 0.2) is 47.6 Å². The molecule has 0 aliphatic carbocycles. The number of aromatic nitrogens is 1. The van der Waals surface area contributed by atoms with E-state index < -0.39 is 10.0 Å². The van der Waals surface area contributed by atoms with Crippen molar-refractivity contribution in [2.45, 2.75) is 30.7 Å². The van der Waals surface area contributed by atoms with E-state index >= 15 is 0 Å². The highest BCUT2D eigenvalue weighted by atomic mass is 32.2. The second-order valence-corrected chi connectivity index (χ2v) is 7.17. The summed E-state index contributed by atoms with van der Waals surface area (Å²) in [5.74, 6) is -0.0333. The van der Waals surface area contributed by atoms with Gasteiger partial charge in [0.05, 0.1) is 4.90 Å². The fraction of sp³-hybridized carbons (Fsp3) is 0.250. The average Bonchev–Trinajstić information content (AvgIpc) is 2.74. The average molecular weight is 331 g/mol. The molecule has 2 heterocycles. The zero-order chi connectivity index (χ0) is 16.3. The third kappa shape index (κ3) is 3.75. The van der Waals surface area contributed by atoms with Crippen LogP contribution >= 0.6 is 0 Å². The van der Waals surface area contributed by atoms with Crippen molar-refractivity contribution in [3.05, 3.63) is 53.9 Å². The molecule has 1 aromatic heterocycles. The molecule has 0 atom stereocenters. The van der Waals surface area contributed by atoms with Crippen molar-refractivity contribution >= 4 is 21.6 Å². The largest absolute Gasteiger partial charge is 0.326 e. The molecule has 0 radical (unpaired) electrons. The van der Waals surface area contributed by atoms with Crippen LogP contribution < -0.4 is 10.0 Å². The lowest BCUT2D eigenvalue weighted by molar-refractivity contribution is -0.116. The van der Waals surface area contributed by atoms with Gasteiger partial charge in [0.15, 0.2) is 0 Å². The number of anilines is 1. The van der Waals surface area contributed by atoms with Crippen LogP contribution in [0.3, 0.4) is 0 Å². The molecule has 0 saturated heterocycles. The van der Waals surface area contributed by atoms with E-state index in [4.69, 9.17) is 0 Å². The minimum atomic E-state index is -3.61. The summed E-state index contributed by atoms with van der Waals surface area (Å²) in [7, 11) is -3.61. The quantitative estimate of drug-likeness (QED) is 0.895. The Bertz CT molecular complexity index is 820. The Morgan fingerprint density at radius 2 is 2.09 bits per heavy atom. The van der Waals surface area contributed by atoms with Crippen LogP contribution in [0, 0.1) is 0 Å². The Kier molecular flexibility index (Phi) is 4.40. The van der Waals surface area contributed by atoms with Crippen molar-refractivity contribution in [2.75, 3.05) is 5.32 Å². The maximum Gasteiger partial charge on any atom is 0.240 e. The van der Waals surface area contributed by atoms with Gasteiger partial charge in [0, 0.05) is 31.0 Å².